The van der Waals surface area contributed by atoms with Crippen LogP contribution in [0.3, 0.4) is 0 Å². The second kappa shape index (κ2) is 8.40. The van der Waals surface area contributed by atoms with Gasteiger partial charge < -0.3 is 21.4 Å². The van der Waals surface area contributed by atoms with E-state index in [9.17, 15) is 9.59 Å². The van der Waals surface area contributed by atoms with Crippen LogP contribution in [0.4, 0.5) is 11.4 Å². The molecule has 9 nitrogen and oxygen atoms in total. The van der Waals surface area contributed by atoms with Crippen LogP contribution in [0.2, 0.25) is 0 Å². The second-order valence-corrected chi connectivity index (χ2v) is 9.07. The van der Waals surface area contributed by atoms with Crippen molar-refractivity contribution in [1.82, 2.24) is 15.0 Å². The third-order valence-corrected chi connectivity index (χ3v) is 6.94. The molecule has 174 valence electrons. The lowest BCUT2D eigenvalue weighted by Gasteiger charge is -2.14. The number of rotatable bonds is 6. The highest BCUT2D eigenvalue weighted by molar-refractivity contribution is 6.11. The number of hydrogen-bond donors (Lipinski definition) is 4. The monoisotopic (exact) mass is 457 g/mol. The molecule has 2 fully saturated rings. The number of nitrogens with two attached hydrogens (primary N) is 1. The number of fused-ring (bicyclic) bond motifs is 2. The number of allylic oxidation sites excluding steroid dienone is 1. The number of pyridine rings is 2. The summed E-state index contributed by atoms with van der Waals surface area (Å²) in [6.45, 7) is 1.81. The largest absolute Gasteiger partial charge is 0.404 e. The number of H-pyrrole nitrogens is 1. The Kier molecular flexibility index (Phi) is 5.39. The Morgan fingerprint density at radius 1 is 1.24 bits per heavy atom. The number of nitrogens with one attached hydrogen (secondary N) is 3. The highest BCUT2D eigenvalue weighted by Gasteiger charge is 2.61. The predicted octanol–water partition coefficient (Wildman–Crippen LogP) is 3.65. The van der Waals surface area contributed by atoms with Gasteiger partial charge in [-0.15, -0.1) is 0 Å². The summed E-state index contributed by atoms with van der Waals surface area (Å²) in [5, 5.41) is 6.68. The minimum atomic E-state index is -0.313. The van der Waals surface area contributed by atoms with Gasteiger partial charge in [-0.2, -0.15) is 0 Å². The molecule has 2 amide bonds. The van der Waals surface area contributed by atoms with E-state index in [1.807, 2.05) is 13.0 Å². The Morgan fingerprint density at radius 3 is 2.79 bits per heavy atom. The summed E-state index contributed by atoms with van der Waals surface area (Å²) in [5.41, 5.74) is 9.81. The standard InChI is InChI=1S/C25H27N7O2/c1-14-20(8-19(13-28-14)30-24(34)25-5-3-4-18(25)9-25)32-23(33)16-6-15-7-21(17(10-26)11-27-2)31-22(15)29-12-16/h6-8,10-13,18H,3-5,9,26H2,1-2H3,(H,29,31)(H,30,34)(H,32,33)/b17-10+,27-11?. The molecule has 2 atom stereocenters. The molecule has 0 saturated heterocycles. The van der Waals surface area contributed by atoms with Crippen LogP contribution in [-0.2, 0) is 4.79 Å². The first-order valence-corrected chi connectivity index (χ1v) is 11.4. The van der Waals surface area contributed by atoms with Gasteiger partial charge in [0, 0.05) is 36.6 Å². The van der Waals surface area contributed by atoms with Crippen molar-refractivity contribution in [2.45, 2.75) is 32.6 Å². The quantitative estimate of drug-likeness (QED) is 0.419. The number of aryl methyl sites for hydroxylation is 1. The van der Waals surface area contributed by atoms with Crippen LogP contribution in [0.25, 0.3) is 16.6 Å². The zero-order valence-corrected chi connectivity index (χ0v) is 19.2. The van der Waals surface area contributed by atoms with Crippen LogP contribution < -0.4 is 16.4 Å². The lowest BCUT2D eigenvalue weighted by atomic mass is 10.0. The van der Waals surface area contributed by atoms with E-state index in [0.717, 1.165) is 42.3 Å². The molecule has 0 bridgehead atoms. The Labute approximate surface area is 197 Å². The van der Waals surface area contributed by atoms with Crippen molar-refractivity contribution in [1.29, 1.82) is 0 Å². The molecule has 3 aromatic heterocycles. The van der Waals surface area contributed by atoms with E-state index in [1.165, 1.54) is 12.4 Å². The molecule has 9 heteroatoms. The van der Waals surface area contributed by atoms with Crippen molar-refractivity contribution in [2.24, 2.45) is 22.1 Å². The van der Waals surface area contributed by atoms with Crippen LogP contribution in [0.5, 0.6) is 0 Å². The molecule has 2 unspecified atom stereocenters. The van der Waals surface area contributed by atoms with Gasteiger partial charge in [-0.05, 0) is 50.3 Å². The molecule has 0 aromatic carbocycles. The van der Waals surface area contributed by atoms with E-state index in [1.54, 1.807) is 31.6 Å². The number of aromatic nitrogens is 3. The van der Waals surface area contributed by atoms with Crippen molar-refractivity contribution in [3.8, 4) is 0 Å². The zero-order chi connectivity index (χ0) is 23.9. The average molecular weight is 458 g/mol. The van der Waals surface area contributed by atoms with Crippen LogP contribution in [0, 0.1) is 18.3 Å². The molecule has 2 aliphatic carbocycles. The number of aromatic amines is 1. The van der Waals surface area contributed by atoms with Crippen molar-refractivity contribution in [2.75, 3.05) is 17.7 Å². The van der Waals surface area contributed by atoms with Crippen molar-refractivity contribution in [3.05, 3.63) is 53.7 Å². The van der Waals surface area contributed by atoms with E-state index >= 15 is 0 Å². The maximum absolute atomic E-state index is 13.0. The molecule has 2 saturated carbocycles. The molecule has 0 radical (unpaired) electrons. The normalized spacial score (nSPS) is 21.6. The molecule has 5 rings (SSSR count). The molecule has 3 heterocycles. The number of carbonyl (C=O) groups excluding carboxylic acids is 2. The molecule has 34 heavy (non-hydrogen) atoms. The summed E-state index contributed by atoms with van der Waals surface area (Å²) < 4.78 is 0. The van der Waals surface area contributed by atoms with Crippen LogP contribution in [-0.4, -0.2) is 40.0 Å². The average Bonchev–Trinajstić information content (AvgIpc) is 3.16. The van der Waals surface area contributed by atoms with Gasteiger partial charge in [-0.3, -0.25) is 19.6 Å². The number of carbonyl (C=O) groups is 2. The molecule has 0 aliphatic heterocycles. The van der Waals surface area contributed by atoms with Crippen LogP contribution in [0.15, 0.2) is 41.8 Å². The van der Waals surface area contributed by atoms with E-state index in [-0.39, 0.29) is 17.2 Å². The maximum Gasteiger partial charge on any atom is 0.257 e. The fraction of sp³-hybridized carbons (Fsp3) is 0.320. The molecule has 5 N–H and O–H groups in total. The lowest BCUT2D eigenvalue weighted by molar-refractivity contribution is -0.121. The summed E-state index contributed by atoms with van der Waals surface area (Å²) in [4.78, 5) is 41.7. The van der Waals surface area contributed by atoms with Crippen LogP contribution >= 0.6 is 0 Å². The fourth-order valence-electron chi connectivity index (χ4n) is 4.94. The van der Waals surface area contributed by atoms with Gasteiger partial charge in [-0.1, -0.05) is 6.42 Å². The molecular weight excluding hydrogens is 430 g/mol. The molecule has 2 aliphatic rings. The highest BCUT2D eigenvalue weighted by atomic mass is 16.2. The topological polar surface area (TPSA) is 138 Å². The smallest absolute Gasteiger partial charge is 0.257 e. The summed E-state index contributed by atoms with van der Waals surface area (Å²) >= 11 is 0. The van der Waals surface area contributed by atoms with E-state index in [0.29, 0.717) is 34.2 Å². The molecular formula is C25H27N7O2. The number of amides is 2. The van der Waals surface area contributed by atoms with Crippen molar-refractivity contribution in [3.63, 3.8) is 0 Å². The van der Waals surface area contributed by atoms with E-state index < -0.39 is 0 Å². The van der Waals surface area contributed by atoms with Crippen molar-refractivity contribution >= 4 is 46.0 Å². The van der Waals surface area contributed by atoms with E-state index in [2.05, 4.69) is 30.6 Å². The molecule has 3 aromatic rings. The number of nitrogens with zero attached hydrogens (tertiary/aromatic N) is 3. The van der Waals surface area contributed by atoms with Gasteiger partial charge in [0.25, 0.3) is 5.91 Å². The SMILES string of the molecule is CN=C/C(=C\N)c1cc2cc(C(=O)Nc3cc(NC(=O)C45CCCC4C5)cnc3C)cnc2[nH]1. The predicted molar refractivity (Wildman–Crippen MR) is 133 cm³/mol. The summed E-state index contributed by atoms with van der Waals surface area (Å²) in [6.07, 6.45) is 10.4. The summed E-state index contributed by atoms with van der Waals surface area (Å²) in [5.74, 6) is 0.272. The Bertz CT molecular complexity index is 1360. The number of anilines is 2. The first-order chi connectivity index (χ1) is 16.4. The van der Waals surface area contributed by atoms with E-state index in [4.69, 9.17) is 5.73 Å². The summed E-state index contributed by atoms with van der Waals surface area (Å²) in [7, 11) is 1.67. The first-order valence-electron chi connectivity index (χ1n) is 11.4. The van der Waals surface area contributed by atoms with Gasteiger partial charge in [-0.25, -0.2) is 4.98 Å². The van der Waals surface area contributed by atoms with Gasteiger partial charge in [0.15, 0.2) is 0 Å². The summed E-state index contributed by atoms with van der Waals surface area (Å²) in [6, 6.07) is 5.38. The Hall–Kier alpha value is -4.01. The van der Waals surface area contributed by atoms with Crippen LogP contribution in [0.1, 0.15) is 47.4 Å². The zero-order valence-electron chi connectivity index (χ0n) is 19.2. The second-order valence-electron chi connectivity index (χ2n) is 9.07. The maximum atomic E-state index is 13.0. The first kappa shape index (κ1) is 21.8. The minimum Gasteiger partial charge on any atom is -0.404 e. The Balaban J connectivity index is 1.33. The number of hydrogen-bond acceptors (Lipinski definition) is 6. The van der Waals surface area contributed by atoms with Crippen molar-refractivity contribution < 1.29 is 9.59 Å². The van der Waals surface area contributed by atoms with Gasteiger partial charge in [0.2, 0.25) is 5.91 Å². The fourth-order valence-corrected chi connectivity index (χ4v) is 4.94. The van der Waals surface area contributed by atoms with Gasteiger partial charge >= 0.3 is 0 Å². The minimum absolute atomic E-state index is 0.0647. The van der Waals surface area contributed by atoms with Gasteiger partial charge in [0.1, 0.15) is 5.65 Å². The van der Waals surface area contributed by atoms with Gasteiger partial charge in [0.05, 0.1) is 39.9 Å². The molecule has 0 spiro atoms. The number of aliphatic imine (C=N–C) groups is 1. The highest BCUT2D eigenvalue weighted by Crippen LogP contribution is 2.63. The third-order valence-electron chi connectivity index (χ3n) is 6.94. The third kappa shape index (κ3) is 3.83. The Morgan fingerprint density at radius 2 is 2.09 bits per heavy atom. The lowest BCUT2D eigenvalue weighted by Crippen LogP contribution is -2.24.